The molecule has 0 radical (unpaired) electrons. The summed E-state index contributed by atoms with van der Waals surface area (Å²) >= 11 is 5.91. The van der Waals surface area contributed by atoms with Crippen molar-refractivity contribution in [2.75, 3.05) is 35.8 Å². The fourth-order valence-electron chi connectivity index (χ4n) is 3.53. The zero-order valence-corrected chi connectivity index (χ0v) is 19.6. The minimum absolute atomic E-state index is 0.132. The molecule has 2 aromatic carbocycles. The van der Waals surface area contributed by atoms with Gasteiger partial charge in [-0.2, -0.15) is 13.2 Å². The van der Waals surface area contributed by atoms with E-state index in [2.05, 4.69) is 14.7 Å². The summed E-state index contributed by atoms with van der Waals surface area (Å²) in [6, 6.07) is 9.33. The first-order valence-corrected chi connectivity index (χ1v) is 12.2. The lowest BCUT2D eigenvalue weighted by atomic mass is 10.2. The lowest BCUT2D eigenvalue weighted by molar-refractivity contribution is -0.137. The molecule has 1 amide bonds. The van der Waals surface area contributed by atoms with Gasteiger partial charge in [-0.3, -0.25) is 9.52 Å². The third-order valence-corrected chi connectivity index (χ3v) is 7.02. The third kappa shape index (κ3) is 5.65. The van der Waals surface area contributed by atoms with Crippen LogP contribution in [0.15, 0.2) is 65.8 Å². The molecule has 0 saturated carbocycles. The minimum Gasteiger partial charge on any atom is -0.337 e. The molecule has 3 aromatic rings. The molecule has 2 heterocycles. The highest BCUT2D eigenvalue weighted by molar-refractivity contribution is 7.92. The molecule has 13 heteroatoms. The Hall–Kier alpha value is -3.38. The number of hydrogen-bond acceptors (Lipinski definition) is 6. The first-order valence-electron chi connectivity index (χ1n) is 10.4. The summed E-state index contributed by atoms with van der Waals surface area (Å²) in [6.07, 6.45) is -1.41. The molecule has 184 valence electrons. The largest absolute Gasteiger partial charge is 0.416 e. The molecule has 35 heavy (non-hydrogen) atoms. The van der Waals surface area contributed by atoms with Crippen molar-refractivity contribution < 1.29 is 26.4 Å². The van der Waals surface area contributed by atoms with Gasteiger partial charge in [-0.15, -0.1) is 0 Å². The standard InChI is InChI=1S/C22H19ClF3N5O3S/c23-18-6-5-16(22(24,25)26)14-19(18)29-35(33,34)17-4-1-3-15(13-17)20(32)30-9-11-31(12-10-30)21-27-7-2-8-28-21/h1-8,13-14,29H,9-12H2. The number of rotatable bonds is 5. The van der Waals surface area contributed by atoms with Gasteiger partial charge in [-0.05, 0) is 42.5 Å². The highest BCUT2D eigenvalue weighted by Crippen LogP contribution is 2.34. The Labute approximate surface area is 204 Å². The average Bonchev–Trinajstić information content (AvgIpc) is 2.85. The zero-order valence-electron chi connectivity index (χ0n) is 18.0. The van der Waals surface area contributed by atoms with Crippen LogP contribution in [0.25, 0.3) is 0 Å². The van der Waals surface area contributed by atoms with E-state index in [-0.39, 0.29) is 21.4 Å². The van der Waals surface area contributed by atoms with Crippen molar-refractivity contribution in [1.29, 1.82) is 0 Å². The van der Waals surface area contributed by atoms with Crippen LogP contribution in [0, 0.1) is 0 Å². The number of anilines is 2. The molecule has 1 aliphatic heterocycles. The van der Waals surface area contributed by atoms with E-state index in [4.69, 9.17) is 11.6 Å². The van der Waals surface area contributed by atoms with Gasteiger partial charge in [0, 0.05) is 44.1 Å². The SMILES string of the molecule is O=C(c1cccc(S(=O)(=O)Nc2cc(C(F)(F)F)ccc2Cl)c1)N1CCN(c2ncccn2)CC1. The Morgan fingerprint density at radius 3 is 2.31 bits per heavy atom. The fourth-order valence-corrected chi connectivity index (χ4v) is 4.86. The molecule has 0 spiro atoms. The number of carbonyl (C=O) groups is 1. The molecule has 1 aromatic heterocycles. The zero-order chi connectivity index (χ0) is 25.2. The van der Waals surface area contributed by atoms with E-state index >= 15 is 0 Å². The predicted molar refractivity (Wildman–Crippen MR) is 124 cm³/mol. The van der Waals surface area contributed by atoms with E-state index in [0.717, 1.165) is 12.1 Å². The van der Waals surface area contributed by atoms with Crippen LogP contribution >= 0.6 is 11.6 Å². The Bertz CT molecular complexity index is 1330. The maximum Gasteiger partial charge on any atom is 0.416 e. The number of nitrogens with zero attached hydrogens (tertiary/aromatic N) is 4. The maximum atomic E-state index is 13.0. The van der Waals surface area contributed by atoms with Gasteiger partial charge in [0.05, 0.1) is 21.2 Å². The molecule has 0 bridgehead atoms. The molecule has 0 atom stereocenters. The van der Waals surface area contributed by atoms with Crippen LogP contribution < -0.4 is 9.62 Å². The number of piperazine rings is 1. The van der Waals surface area contributed by atoms with Crippen molar-refractivity contribution in [2.45, 2.75) is 11.1 Å². The van der Waals surface area contributed by atoms with Gasteiger partial charge < -0.3 is 9.80 Å². The van der Waals surface area contributed by atoms with Gasteiger partial charge in [-0.1, -0.05) is 17.7 Å². The molecule has 1 aliphatic rings. The van der Waals surface area contributed by atoms with Crippen LogP contribution in [-0.2, 0) is 16.2 Å². The van der Waals surface area contributed by atoms with Crippen LogP contribution in [0.3, 0.4) is 0 Å². The minimum atomic E-state index is -4.67. The summed E-state index contributed by atoms with van der Waals surface area (Å²) in [5.74, 6) is 0.194. The third-order valence-electron chi connectivity index (χ3n) is 5.33. The average molecular weight is 526 g/mol. The van der Waals surface area contributed by atoms with Crippen molar-refractivity contribution >= 4 is 39.2 Å². The molecule has 4 rings (SSSR count). The number of halogens is 4. The van der Waals surface area contributed by atoms with E-state index in [9.17, 15) is 26.4 Å². The first kappa shape index (κ1) is 24.7. The summed E-state index contributed by atoms with van der Waals surface area (Å²) in [7, 11) is -4.33. The monoisotopic (exact) mass is 525 g/mol. The van der Waals surface area contributed by atoms with Crippen LogP contribution in [0.5, 0.6) is 0 Å². The quantitative estimate of drug-likeness (QED) is 0.542. The second-order valence-electron chi connectivity index (χ2n) is 7.65. The smallest absolute Gasteiger partial charge is 0.337 e. The number of aromatic nitrogens is 2. The van der Waals surface area contributed by atoms with Gasteiger partial charge in [0.2, 0.25) is 5.95 Å². The Morgan fingerprint density at radius 2 is 1.66 bits per heavy atom. The van der Waals surface area contributed by atoms with Gasteiger partial charge in [0.1, 0.15) is 0 Å². The van der Waals surface area contributed by atoms with Gasteiger partial charge in [-0.25, -0.2) is 18.4 Å². The Balaban J connectivity index is 1.49. The Kier molecular flexibility index (Phi) is 6.86. The van der Waals surface area contributed by atoms with Crippen LogP contribution in [0.1, 0.15) is 15.9 Å². The van der Waals surface area contributed by atoms with Crippen LogP contribution in [0.4, 0.5) is 24.8 Å². The molecule has 1 fully saturated rings. The number of benzene rings is 2. The van der Waals surface area contributed by atoms with E-state index in [0.29, 0.717) is 38.2 Å². The number of sulfonamides is 1. The fraction of sp³-hybridized carbons (Fsp3) is 0.227. The number of hydrogen-bond donors (Lipinski definition) is 1. The second-order valence-corrected chi connectivity index (χ2v) is 9.74. The number of nitrogens with one attached hydrogen (secondary N) is 1. The molecular formula is C22H19ClF3N5O3S. The van der Waals surface area contributed by atoms with Crippen molar-refractivity contribution in [3.63, 3.8) is 0 Å². The first-order chi connectivity index (χ1) is 16.5. The summed E-state index contributed by atoms with van der Waals surface area (Å²) in [4.78, 5) is 24.6. The maximum absolute atomic E-state index is 13.0. The summed E-state index contributed by atoms with van der Waals surface area (Å²) < 4.78 is 66.9. The molecule has 0 unspecified atom stereocenters. The van der Waals surface area contributed by atoms with Gasteiger partial charge in [0.25, 0.3) is 15.9 Å². The highest BCUT2D eigenvalue weighted by atomic mass is 35.5. The van der Waals surface area contributed by atoms with E-state index < -0.39 is 27.5 Å². The van der Waals surface area contributed by atoms with Crippen LogP contribution in [0.2, 0.25) is 5.02 Å². The second kappa shape index (κ2) is 9.70. The molecular weight excluding hydrogens is 507 g/mol. The topological polar surface area (TPSA) is 95.5 Å². The van der Waals surface area contributed by atoms with Crippen molar-refractivity contribution in [1.82, 2.24) is 14.9 Å². The highest BCUT2D eigenvalue weighted by Gasteiger charge is 2.31. The van der Waals surface area contributed by atoms with E-state index in [1.165, 1.54) is 24.3 Å². The summed E-state index contributed by atoms with van der Waals surface area (Å²) in [6.45, 7) is 1.77. The molecule has 8 nitrogen and oxygen atoms in total. The lowest BCUT2D eigenvalue weighted by Crippen LogP contribution is -2.49. The number of amides is 1. The number of carbonyl (C=O) groups excluding carboxylic acids is 1. The number of alkyl halides is 3. The van der Waals surface area contributed by atoms with E-state index in [1.807, 2.05) is 4.90 Å². The lowest BCUT2D eigenvalue weighted by Gasteiger charge is -2.34. The normalized spacial score (nSPS) is 14.6. The van der Waals surface area contributed by atoms with Crippen molar-refractivity contribution in [3.05, 3.63) is 77.1 Å². The van der Waals surface area contributed by atoms with Crippen molar-refractivity contribution in [3.8, 4) is 0 Å². The summed E-state index contributed by atoms with van der Waals surface area (Å²) in [5, 5.41) is -0.200. The van der Waals surface area contributed by atoms with Crippen LogP contribution in [-0.4, -0.2) is 55.4 Å². The Morgan fingerprint density at radius 1 is 0.971 bits per heavy atom. The molecule has 0 aliphatic carbocycles. The molecule has 1 N–H and O–H groups in total. The van der Waals surface area contributed by atoms with Crippen molar-refractivity contribution in [2.24, 2.45) is 0 Å². The molecule has 1 saturated heterocycles. The summed E-state index contributed by atoms with van der Waals surface area (Å²) in [5.41, 5.74) is -1.34. The predicted octanol–water partition coefficient (Wildman–Crippen LogP) is 3.91. The van der Waals surface area contributed by atoms with Gasteiger partial charge >= 0.3 is 6.18 Å². The van der Waals surface area contributed by atoms with Gasteiger partial charge in [0.15, 0.2) is 0 Å². The van der Waals surface area contributed by atoms with E-state index in [1.54, 1.807) is 23.4 Å².